The average Bonchev–Trinajstić information content (AvgIpc) is 3.01. The summed E-state index contributed by atoms with van der Waals surface area (Å²) in [7, 11) is 1.98. The van der Waals surface area contributed by atoms with Crippen molar-refractivity contribution >= 4 is 21.6 Å². The fourth-order valence-electron chi connectivity index (χ4n) is 2.48. The molecule has 110 valence electrons. The second-order valence-corrected chi connectivity index (χ2v) is 6.66. The lowest BCUT2D eigenvalue weighted by atomic mass is 10.1. The van der Waals surface area contributed by atoms with E-state index in [0.29, 0.717) is 5.92 Å². The SMILES string of the molecule is CC(C)c1nn(C)cc1CNCc1nc2ccccc2s1. The first-order chi connectivity index (χ1) is 10.1. The van der Waals surface area contributed by atoms with E-state index in [1.165, 1.54) is 16.0 Å². The second-order valence-electron chi connectivity index (χ2n) is 5.55. The quantitative estimate of drug-likeness (QED) is 0.785. The fourth-order valence-corrected chi connectivity index (χ4v) is 3.41. The highest BCUT2D eigenvalue weighted by Crippen LogP contribution is 2.21. The van der Waals surface area contributed by atoms with Crippen LogP contribution in [0.5, 0.6) is 0 Å². The van der Waals surface area contributed by atoms with Gasteiger partial charge in [-0.05, 0) is 18.1 Å². The highest BCUT2D eigenvalue weighted by atomic mass is 32.1. The number of thiazole rings is 1. The molecule has 1 aromatic carbocycles. The molecule has 0 aliphatic rings. The lowest BCUT2D eigenvalue weighted by molar-refractivity contribution is 0.676. The molecule has 4 nitrogen and oxygen atoms in total. The summed E-state index contributed by atoms with van der Waals surface area (Å²) in [4.78, 5) is 4.64. The van der Waals surface area contributed by atoms with Crippen LogP contribution in [0.4, 0.5) is 0 Å². The number of rotatable bonds is 5. The predicted molar refractivity (Wildman–Crippen MR) is 87.5 cm³/mol. The molecule has 3 rings (SSSR count). The molecule has 0 bridgehead atoms. The maximum atomic E-state index is 4.64. The molecule has 1 N–H and O–H groups in total. The molecule has 0 saturated carbocycles. The Hall–Kier alpha value is -1.72. The first kappa shape index (κ1) is 14.2. The Kier molecular flexibility index (Phi) is 4.03. The molecule has 0 aliphatic heterocycles. The normalized spacial score (nSPS) is 11.6. The van der Waals surface area contributed by atoms with Gasteiger partial charge in [-0.3, -0.25) is 4.68 Å². The van der Waals surface area contributed by atoms with E-state index in [0.717, 1.165) is 23.6 Å². The minimum Gasteiger partial charge on any atom is -0.306 e. The van der Waals surface area contributed by atoms with Crippen LogP contribution >= 0.6 is 11.3 Å². The van der Waals surface area contributed by atoms with E-state index in [-0.39, 0.29) is 0 Å². The molecular weight excluding hydrogens is 280 g/mol. The van der Waals surface area contributed by atoms with Gasteiger partial charge < -0.3 is 5.32 Å². The Morgan fingerprint density at radius 1 is 1.24 bits per heavy atom. The molecule has 0 atom stereocenters. The number of aromatic nitrogens is 3. The zero-order valence-corrected chi connectivity index (χ0v) is 13.4. The summed E-state index contributed by atoms with van der Waals surface area (Å²) < 4.78 is 3.14. The summed E-state index contributed by atoms with van der Waals surface area (Å²) in [5, 5.41) is 9.15. The summed E-state index contributed by atoms with van der Waals surface area (Å²) in [6.07, 6.45) is 2.10. The Bertz CT molecular complexity index is 709. The Morgan fingerprint density at radius 2 is 2.05 bits per heavy atom. The van der Waals surface area contributed by atoms with Crippen molar-refractivity contribution in [1.82, 2.24) is 20.1 Å². The third-order valence-electron chi connectivity index (χ3n) is 3.41. The smallest absolute Gasteiger partial charge is 0.108 e. The third kappa shape index (κ3) is 3.14. The summed E-state index contributed by atoms with van der Waals surface area (Å²) in [5.41, 5.74) is 3.53. The molecule has 0 fully saturated rings. The van der Waals surface area contributed by atoms with Crippen molar-refractivity contribution in [3.8, 4) is 0 Å². The van der Waals surface area contributed by atoms with Crippen molar-refractivity contribution in [2.75, 3.05) is 0 Å². The van der Waals surface area contributed by atoms with E-state index < -0.39 is 0 Å². The number of fused-ring (bicyclic) bond motifs is 1. The monoisotopic (exact) mass is 300 g/mol. The standard InChI is InChI=1S/C16H20N4S/c1-11(2)16-12(10-20(3)19-16)8-17-9-15-18-13-6-4-5-7-14(13)21-15/h4-7,10-11,17H,8-9H2,1-3H3. The Labute approximate surface area is 128 Å². The van der Waals surface area contributed by atoms with Crippen LogP contribution < -0.4 is 5.32 Å². The van der Waals surface area contributed by atoms with E-state index in [1.807, 2.05) is 17.8 Å². The predicted octanol–water partition coefficient (Wildman–Crippen LogP) is 3.44. The first-order valence-electron chi connectivity index (χ1n) is 7.21. The zero-order chi connectivity index (χ0) is 14.8. The van der Waals surface area contributed by atoms with Crippen LogP contribution in [0.3, 0.4) is 0 Å². The van der Waals surface area contributed by atoms with Gasteiger partial charge in [-0.2, -0.15) is 5.10 Å². The lowest BCUT2D eigenvalue weighted by Crippen LogP contribution is -2.13. The van der Waals surface area contributed by atoms with Gasteiger partial charge in [0.1, 0.15) is 5.01 Å². The number of aryl methyl sites for hydroxylation is 1. The largest absolute Gasteiger partial charge is 0.306 e. The summed E-state index contributed by atoms with van der Waals surface area (Å²) >= 11 is 1.75. The van der Waals surface area contributed by atoms with Crippen LogP contribution in [0, 0.1) is 0 Å². The van der Waals surface area contributed by atoms with Crippen molar-refractivity contribution in [1.29, 1.82) is 0 Å². The molecule has 0 amide bonds. The summed E-state index contributed by atoms with van der Waals surface area (Å²) in [5.74, 6) is 0.449. The van der Waals surface area contributed by atoms with Crippen LogP contribution in [0.15, 0.2) is 30.5 Å². The minimum absolute atomic E-state index is 0.449. The van der Waals surface area contributed by atoms with Crippen LogP contribution in [0.2, 0.25) is 0 Å². The van der Waals surface area contributed by atoms with E-state index in [4.69, 9.17) is 0 Å². The van der Waals surface area contributed by atoms with Crippen LogP contribution in [-0.4, -0.2) is 14.8 Å². The van der Waals surface area contributed by atoms with Gasteiger partial charge in [-0.15, -0.1) is 11.3 Å². The average molecular weight is 300 g/mol. The number of benzene rings is 1. The fraction of sp³-hybridized carbons (Fsp3) is 0.375. The van der Waals surface area contributed by atoms with E-state index in [9.17, 15) is 0 Å². The highest BCUT2D eigenvalue weighted by Gasteiger charge is 2.11. The number of para-hydroxylation sites is 1. The topological polar surface area (TPSA) is 42.7 Å². The molecule has 0 radical (unpaired) electrons. The highest BCUT2D eigenvalue weighted by molar-refractivity contribution is 7.18. The molecule has 21 heavy (non-hydrogen) atoms. The number of hydrogen-bond acceptors (Lipinski definition) is 4. The molecular formula is C16H20N4S. The van der Waals surface area contributed by atoms with Crippen molar-refractivity contribution in [3.05, 3.63) is 46.7 Å². The van der Waals surface area contributed by atoms with Gasteiger partial charge >= 0.3 is 0 Å². The van der Waals surface area contributed by atoms with Gasteiger partial charge in [0.2, 0.25) is 0 Å². The van der Waals surface area contributed by atoms with Crippen LogP contribution in [0.1, 0.15) is 36.0 Å². The number of nitrogens with one attached hydrogen (secondary N) is 1. The number of hydrogen-bond donors (Lipinski definition) is 1. The van der Waals surface area contributed by atoms with Crippen molar-refractivity contribution in [3.63, 3.8) is 0 Å². The van der Waals surface area contributed by atoms with E-state index in [2.05, 4.69) is 53.6 Å². The molecule has 0 saturated heterocycles. The molecule has 0 spiro atoms. The van der Waals surface area contributed by atoms with E-state index in [1.54, 1.807) is 11.3 Å². The minimum atomic E-state index is 0.449. The maximum Gasteiger partial charge on any atom is 0.108 e. The second kappa shape index (κ2) is 5.95. The van der Waals surface area contributed by atoms with Gasteiger partial charge in [0.15, 0.2) is 0 Å². The first-order valence-corrected chi connectivity index (χ1v) is 8.02. The molecule has 2 heterocycles. The number of nitrogens with zero attached hydrogens (tertiary/aromatic N) is 3. The van der Waals surface area contributed by atoms with Gasteiger partial charge in [0.25, 0.3) is 0 Å². The van der Waals surface area contributed by atoms with Crippen molar-refractivity contribution in [2.45, 2.75) is 32.9 Å². The summed E-state index contributed by atoms with van der Waals surface area (Å²) in [6.45, 7) is 5.99. The summed E-state index contributed by atoms with van der Waals surface area (Å²) in [6, 6.07) is 8.27. The van der Waals surface area contributed by atoms with Gasteiger partial charge in [-0.25, -0.2) is 4.98 Å². The molecule has 3 aromatic rings. The molecule has 5 heteroatoms. The van der Waals surface area contributed by atoms with Crippen molar-refractivity contribution in [2.24, 2.45) is 7.05 Å². The maximum absolute atomic E-state index is 4.64. The zero-order valence-electron chi connectivity index (χ0n) is 12.6. The van der Waals surface area contributed by atoms with Gasteiger partial charge in [0.05, 0.1) is 15.9 Å². The molecule has 0 unspecified atom stereocenters. The van der Waals surface area contributed by atoms with Gasteiger partial charge in [0, 0.05) is 31.9 Å². The Morgan fingerprint density at radius 3 is 2.81 bits per heavy atom. The molecule has 0 aliphatic carbocycles. The van der Waals surface area contributed by atoms with E-state index >= 15 is 0 Å². The molecule has 2 aromatic heterocycles. The van der Waals surface area contributed by atoms with Crippen molar-refractivity contribution < 1.29 is 0 Å². The third-order valence-corrected chi connectivity index (χ3v) is 4.45. The van der Waals surface area contributed by atoms with Crippen LogP contribution in [-0.2, 0) is 20.1 Å². The van der Waals surface area contributed by atoms with Crippen LogP contribution in [0.25, 0.3) is 10.2 Å². The lowest BCUT2D eigenvalue weighted by Gasteiger charge is -2.05. The Balaban J connectivity index is 1.66. The van der Waals surface area contributed by atoms with Gasteiger partial charge in [-0.1, -0.05) is 26.0 Å².